The van der Waals surface area contributed by atoms with Crippen LogP contribution in [-0.2, 0) is 24.2 Å². The number of benzene rings is 1. The summed E-state index contributed by atoms with van der Waals surface area (Å²) in [6, 6.07) is 3.88. The zero-order valence-electron chi connectivity index (χ0n) is 13.4. The zero-order chi connectivity index (χ0) is 18.6. The second-order valence-electron chi connectivity index (χ2n) is 5.67. The van der Waals surface area contributed by atoms with E-state index >= 15 is 0 Å². The summed E-state index contributed by atoms with van der Waals surface area (Å²) in [4.78, 5) is 24.9. The Hall–Kier alpha value is -1.74. The predicted molar refractivity (Wildman–Crippen MR) is 93.9 cm³/mol. The monoisotopic (exact) mass is 433 g/mol. The molecule has 1 atom stereocenters. The first kappa shape index (κ1) is 19.6. The van der Waals surface area contributed by atoms with Crippen LogP contribution in [0.4, 0.5) is 4.39 Å². The Kier molecular flexibility index (Phi) is 6.34. The maximum Gasteiger partial charge on any atom is 0.331 e. The van der Waals surface area contributed by atoms with Crippen molar-refractivity contribution in [2.75, 3.05) is 25.2 Å². The molecule has 136 valence electrons. The number of hydrogen-bond donors (Lipinski definition) is 0. The molecule has 2 rings (SSSR count). The van der Waals surface area contributed by atoms with E-state index in [4.69, 9.17) is 4.74 Å². The molecule has 1 aromatic rings. The van der Waals surface area contributed by atoms with Gasteiger partial charge in [-0.15, -0.1) is 0 Å². The molecular formula is C16H17BrFNO5S. The van der Waals surface area contributed by atoms with Crippen LogP contribution >= 0.6 is 15.9 Å². The van der Waals surface area contributed by atoms with Crippen LogP contribution in [0.5, 0.6) is 0 Å². The number of nitrogens with zero attached hydrogens (tertiary/aromatic N) is 1. The van der Waals surface area contributed by atoms with Gasteiger partial charge in [0.15, 0.2) is 16.4 Å². The van der Waals surface area contributed by atoms with Crippen LogP contribution in [0.3, 0.4) is 0 Å². The normalized spacial score (nSPS) is 19.1. The summed E-state index contributed by atoms with van der Waals surface area (Å²) in [5.74, 6) is -1.80. The Morgan fingerprint density at radius 3 is 2.80 bits per heavy atom. The molecule has 0 radical (unpaired) electrons. The fourth-order valence-corrected chi connectivity index (χ4v) is 4.52. The Labute approximate surface area is 153 Å². The van der Waals surface area contributed by atoms with Gasteiger partial charge in [-0.2, -0.15) is 0 Å². The van der Waals surface area contributed by atoms with E-state index in [1.54, 1.807) is 0 Å². The standard InChI is InChI=1S/C16H17BrFNO5S/c1-19(13-6-7-25(22,23)10-13)15(20)9-24-16(21)5-2-11-8-12(17)3-4-14(11)18/h2-5,8,13H,6-7,9-10H2,1H3/b5-2+. The molecule has 0 N–H and O–H groups in total. The van der Waals surface area contributed by atoms with Crippen LogP contribution in [-0.4, -0.2) is 56.4 Å². The number of amides is 1. The molecule has 6 nitrogen and oxygen atoms in total. The number of carbonyl (C=O) groups excluding carboxylic acids is 2. The van der Waals surface area contributed by atoms with Crippen molar-refractivity contribution in [1.29, 1.82) is 0 Å². The molecular weight excluding hydrogens is 417 g/mol. The molecule has 0 spiro atoms. The third-order valence-corrected chi connectivity index (χ3v) is 6.09. The highest BCUT2D eigenvalue weighted by Gasteiger charge is 2.32. The second kappa shape index (κ2) is 8.09. The lowest BCUT2D eigenvalue weighted by molar-refractivity contribution is -0.148. The molecule has 1 aromatic carbocycles. The van der Waals surface area contributed by atoms with Gasteiger partial charge in [-0.05, 0) is 30.7 Å². The fraction of sp³-hybridized carbons (Fsp3) is 0.375. The van der Waals surface area contributed by atoms with Crippen molar-refractivity contribution in [3.05, 3.63) is 40.1 Å². The van der Waals surface area contributed by atoms with Crippen molar-refractivity contribution in [3.8, 4) is 0 Å². The van der Waals surface area contributed by atoms with Gasteiger partial charge in [0.05, 0.1) is 11.5 Å². The molecule has 0 saturated carbocycles. The molecule has 1 heterocycles. The first-order valence-electron chi connectivity index (χ1n) is 7.44. The van der Waals surface area contributed by atoms with Crippen molar-refractivity contribution in [2.45, 2.75) is 12.5 Å². The molecule has 1 amide bonds. The molecule has 1 unspecified atom stereocenters. The van der Waals surface area contributed by atoms with Crippen LogP contribution in [0.15, 0.2) is 28.7 Å². The Bertz CT molecular complexity index is 809. The number of likely N-dealkylation sites (N-methyl/N-ethyl adjacent to an activating group) is 1. The van der Waals surface area contributed by atoms with Crippen molar-refractivity contribution >= 4 is 43.7 Å². The quantitative estimate of drug-likeness (QED) is 0.522. The SMILES string of the molecule is CN(C(=O)COC(=O)/C=C/c1cc(Br)ccc1F)C1CCS(=O)(=O)C1. The number of esters is 1. The smallest absolute Gasteiger partial charge is 0.331 e. The number of halogens is 2. The minimum Gasteiger partial charge on any atom is -0.452 e. The van der Waals surface area contributed by atoms with E-state index in [2.05, 4.69) is 15.9 Å². The largest absolute Gasteiger partial charge is 0.452 e. The summed E-state index contributed by atoms with van der Waals surface area (Å²) < 4.78 is 41.9. The number of ether oxygens (including phenoxy) is 1. The summed E-state index contributed by atoms with van der Waals surface area (Å²) in [7, 11) is -1.62. The topological polar surface area (TPSA) is 80.8 Å². The lowest BCUT2D eigenvalue weighted by Crippen LogP contribution is -2.40. The summed E-state index contributed by atoms with van der Waals surface area (Å²) in [6.07, 6.45) is 2.65. The van der Waals surface area contributed by atoms with Gasteiger partial charge >= 0.3 is 5.97 Å². The second-order valence-corrected chi connectivity index (χ2v) is 8.81. The highest BCUT2D eigenvalue weighted by Crippen LogP contribution is 2.17. The summed E-state index contributed by atoms with van der Waals surface area (Å²) >= 11 is 3.20. The number of rotatable bonds is 5. The minimum atomic E-state index is -3.10. The first-order valence-corrected chi connectivity index (χ1v) is 10.1. The van der Waals surface area contributed by atoms with Gasteiger partial charge in [0.2, 0.25) is 0 Å². The van der Waals surface area contributed by atoms with E-state index in [-0.39, 0.29) is 17.1 Å². The van der Waals surface area contributed by atoms with Gasteiger partial charge in [0.1, 0.15) is 5.82 Å². The maximum atomic E-state index is 13.5. The lowest BCUT2D eigenvalue weighted by atomic mass is 10.2. The molecule has 0 bridgehead atoms. The van der Waals surface area contributed by atoms with Gasteiger partial charge < -0.3 is 9.64 Å². The van der Waals surface area contributed by atoms with E-state index in [0.717, 1.165) is 6.08 Å². The highest BCUT2D eigenvalue weighted by molar-refractivity contribution is 9.10. The van der Waals surface area contributed by atoms with E-state index in [0.29, 0.717) is 10.9 Å². The van der Waals surface area contributed by atoms with Crippen LogP contribution in [0, 0.1) is 5.82 Å². The van der Waals surface area contributed by atoms with Crippen molar-refractivity contribution < 1.29 is 27.1 Å². The summed E-state index contributed by atoms with van der Waals surface area (Å²) in [6.45, 7) is -0.503. The minimum absolute atomic E-state index is 0.0516. The highest BCUT2D eigenvalue weighted by atomic mass is 79.9. The number of hydrogen-bond acceptors (Lipinski definition) is 5. The van der Waals surface area contributed by atoms with E-state index < -0.39 is 40.2 Å². The molecule has 1 fully saturated rings. The third kappa shape index (κ3) is 5.64. The Balaban J connectivity index is 1.86. The van der Waals surface area contributed by atoms with Gasteiger partial charge in [-0.1, -0.05) is 15.9 Å². The van der Waals surface area contributed by atoms with Gasteiger partial charge in [0, 0.05) is 29.2 Å². The molecule has 0 aliphatic carbocycles. The van der Waals surface area contributed by atoms with Crippen LogP contribution in [0.2, 0.25) is 0 Å². The van der Waals surface area contributed by atoms with E-state index in [1.165, 1.54) is 36.2 Å². The first-order chi connectivity index (χ1) is 11.7. The maximum absolute atomic E-state index is 13.5. The molecule has 9 heteroatoms. The van der Waals surface area contributed by atoms with E-state index in [1.807, 2.05) is 0 Å². The fourth-order valence-electron chi connectivity index (χ4n) is 2.37. The van der Waals surface area contributed by atoms with E-state index in [9.17, 15) is 22.4 Å². The molecule has 1 saturated heterocycles. The predicted octanol–water partition coefficient (Wildman–Crippen LogP) is 1.79. The number of sulfone groups is 1. The van der Waals surface area contributed by atoms with Crippen molar-refractivity contribution in [1.82, 2.24) is 4.90 Å². The lowest BCUT2D eigenvalue weighted by Gasteiger charge is -2.22. The van der Waals surface area contributed by atoms with Crippen molar-refractivity contribution in [2.24, 2.45) is 0 Å². The molecule has 1 aliphatic heterocycles. The van der Waals surface area contributed by atoms with Gasteiger partial charge in [-0.3, -0.25) is 4.79 Å². The average Bonchev–Trinajstić information content (AvgIpc) is 2.92. The summed E-state index contributed by atoms with van der Waals surface area (Å²) in [5, 5.41) is 0. The van der Waals surface area contributed by atoms with Gasteiger partial charge in [0.25, 0.3) is 5.91 Å². The van der Waals surface area contributed by atoms with Crippen LogP contribution in [0.25, 0.3) is 6.08 Å². The molecule has 25 heavy (non-hydrogen) atoms. The van der Waals surface area contributed by atoms with Crippen LogP contribution < -0.4 is 0 Å². The molecule has 1 aliphatic rings. The number of carbonyl (C=O) groups is 2. The summed E-state index contributed by atoms with van der Waals surface area (Å²) in [5.41, 5.74) is 0.200. The average molecular weight is 434 g/mol. The zero-order valence-corrected chi connectivity index (χ0v) is 15.8. The Morgan fingerprint density at radius 1 is 1.44 bits per heavy atom. The van der Waals surface area contributed by atoms with Crippen LogP contribution in [0.1, 0.15) is 12.0 Å². The third-order valence-electron chi connectivity index (χ3n) is 3.84. The Morgan fingerprint density at radius 2 is 2.16 bits per heavy atom. The molecule has 0 aromatic heterocycles. The van der Waals surface area contributed by atoms with Gasteiger partial charge in [-0.25, -0.2) is 17.6 Å². The van der Waals surface area contributed by atoms with Crippen molar-refractivity contribution in [3.63, 3.8) is 0 Å².